The molecule has 56 heavy (non-hydrogen) atoms. The molecule has 18 nitrogen and oxygen atoms in total. The standard InChI is InChI=1S/C38H60O18/c1-16-11-37-9-5-20-35(2,7-4-8-36(20,3)34(50)55-32-28(48)26(46)23(43)18(13-40)52-32)21(37)6-10-38(16,15-37)56-33-29(49)30(24(44)19(14-41)53-33)54-31-27(47)25(45)22(42)17(12-39)51-31/h17-33,39-49H,1,4-15H2,2-3H3/t17-,18-,19-,20+,21?,22-,23-,24-,25+,26+,27-,28-,29-,30+,31+,32+,33+,35-,36-,37?,38+/m1/s1. The smallest absolute Gasteiger partial charge is 0.314 e. The highest BCUT2D eigenvalue weighted by Crippen LogP contribution is 2.73. The molecule has 0 aromatic carbocycles. The molecule has 18 heteroatoms. The van der Waals surface area contributed by atoms with Gasteiger partial charge in [-0.3, -0.25) is 4.79 Å². The van der Waals surface area contributed by atoms with Crippen LogP contribution in [0.5, 0.6) is 0 Å². The fourth-order valence-corrected chi connectivity index (χ4v) is 12.0. The zero-order valence-electron chi connectivity index (χ0n) is 31.8. The van der Waals surface area contributed by atoms with Crippen LogP contribution in [0.1, 0.15) is 71.6 Å². The van der Waals surface area contributed by atoms with Gasteiger partial charge in [0.15, 0.2) is 12.6 Å². The summed E-state index contributed by atoms with van der Waals surface area (Å²) in [4.78, 5) is 14.1. The van der Waals surface area contributed by atoms with Gasteiger partial charge >= 0.3 is 5.97 Å². The number of fused-ring (bicyclic) bond motifs is 3. The Bertz CT molecular complexity index is 1450. The van der Waals surface area contributed by atoms with E-state index in [0.717, 1.165) is 24.8 Å². The van der Waals surface area contributed by atoms with Gasteiger partial charge in [0.25, 0.3) is 0 Å². The average Bonchev–Trinajstić information content (AvgIpc) is 3.37. The SMILES string of the molecule is C=C1CC23CC[C@@H]4[C@](C)(C(=O)O[C@@H]5O[C@H](CO)[C@@H](O)[C@H](O)[C@H]5O)CCC[C@@]4(C)C2CC[C@]1(O[C@@H]1O[C@H](CO)[C@@H](O)[C@H](O[C@@H]2O[C@H](CO)[C@@H](O)[C@H](O)[C@H]2O)[C@H]1O)C3. The van der Waals surface area contributed by atoms with Crippen LogP contribution in [0.15, 0.2) is 12.2 Å². The summed E-state index contributed by atoms with van der Waals surface area (Å²) in [5.74, 6) is -0.562. The van der Waals surface area contributed by atoms with Gasteiger partial charge in [0, 0.05) is 0 Å². The van der Waals surface area contributed by atoms with Gasteiger partial charge in [0.1, 0.15) is 73.2 Å². The third-order valence-electron chi connectivity index (χ3n) is 15.0. The second kappa shape index (κ2) is 15.6. The van der Waals surface area contributed by atoms with Gasteiger partial charge in [-0.05, 0) is 86.5 Å². The summed E-state index contributed by atoms with van der Waals surface area (Å²) < 4.78 is 35.1. The Morgan fingerprint density at radius 3 is 1.86 bits per heavy atom. The first-order valence-corrected chi connectivity index (χ1v) is 19.9. The number of aliphatic hydroxyl groups excluding tert-OH is 11. The molecule has 11 N–H and O–H groups in total. The highest BCUT2D eigenvalue weighted by molar-refractivity contribution is 5.77. The number of rotatable bonds is 9. The summed E-state index contributed by atoms with van der Waals surface area (Å²) >= 11 is 0. The van der Waals surface area contributed by atoms with Crippen LogP contribution in [0, 0.1) is 28.1 Å². The molecule has 3 aliphatic heterocycles. The Morgan fingerprint density at radius 1 is 0.679 bits per heavy atom. The number of hydrogen-bond acceptors (Lipinski definition) is 18. The van der Waals surface area contributed by atoms with E-state index < -0.39 is 129 Å². The van der Waals surface area contributed by atoms with Crippen LogP contribution >= 0.6 is 0 Å². The Hall–Kier alpha value is -1.43. The molecule has 7 aliphatic rings. The molecule has 2 bridgehead atoms. The summed E-state index contributed by atoms with van der Waals surface area (Å²) in [6, 6.07) is 0. The van der Waals surface area contributed by atoms with Crippen molar-refractivity contribution >= 4 is 5.97 Å². The second-order valence-corrected chi connectivity index (χ2v) is 18.0. The van der Waals surface area contributed by atoms with E-state index in [1.165, 1.54) is 0 Å². The molecule has 1 spiro atoms. The first-order chi connectivity index (χ1) is 26.4. The molecule has 21 atom stereocenters. The number of carbonyl (C=O) groups excluding carboxylic acids is 1. The van der Waals surface area contributed by atoms with E-state index in [4.69, 9.17) is 28.4 Å². The minimum absolute atomic E-state index is 0.116. The molecule has 7 rings (SSSR count). The Morgan fingerprint density at radius 2 is 1.23 bits per heavy atom. The molecule has 3 heterocycles. The van der Waals surface area contributed by atoms with E-state index in [0.29, 0.717) is 38.5 Å². The largest absolute Gasteiger partial charge is 0.432 e. The molecule has 0 amide bonds. The van der Waals surface area contributed by atoms with Crippen LogP contribution in [-0.2, 0) is 33.2 Å². The molecule has 3 saturated heterocycles. The maximum Gasteiger partial charge on any atom is 0.314 e. The average molecular weight is 805 g/mol. The summed E-state index contributed by atoms with van der Waals surface area (Å²) in [6.45, 7) is 6.50. The van der Waals surface area contributed by atoms with Crippen molar-refractivity contribution in [1.29, 1.82) is 0 Å². The zero-order valence-corrected chi connectivity index (χ0v) is 31.8. The van der Waals surface area contributed by atoms with Crippen LogP contribution in [0.3, 0.4) is 0 Å². The fraction of sp³-hybridized carbons (Fsp3) is 0.921. The zero-order chi connectivity index (χ0) is 40.7. The van der Waals surface area contributed by atoms with Crippen molar-refractivity contribution in [2.75, 3.05) is 19.8 Å². The minimum atomic E-state index is -1.81. The highest BCUT2D eigenvalue weighted by atomic mass is 16.7. The van der Waals surface area contributed by atoms with Crippen molar-refractivity contribution in [2.24, 2.45) is 28.1 Å². The Kier molecular flexibility index (Phi) is 11.9. The number of aliphatic hydroxyl groups is 11. The van der Waals surface area contributed by atoms with Crippen LogP contribution < -0.4 is 0 Å². The lowest BCUT2D eigenvalue weighted by molar-refractivity contribution is -0.369. The number of hydrogen-bond donors (Lipinski definition) is 11. The van der Waals surface area contributed by atoms with Gasteiger partial charge in [0.05, 0.1) is 30.8 Å². The van der Waals surface area contributed by atoms with E-state index in [1.54, 1.807) is 0 Å². The lowest BCUT2D eigenvalue weighted by Gasteiger charge is -2.64. The molecule has 7 fully saturated rings. The molecule has 4 aliphatic carbocycles. The molecule has 0 aromatic rings. The minimum Gasteiger partial charge on any atom is -0.432 e. The van der Waals surface area contributed by atoms with Crippen molar-refractivity contribution in [3.63, 3.8) is 0 Å². The van der Waals surface area contributed by atoms with E-state index in [-0.39, 0.29) is 22.7 Å². The van der Waals surface area contributed by atoms with E-state index in [2.05, 4.69) is 13.5 Å². The third-order valence-corrected chi connectivity index (χ3v) is 15.0. The number of carbonyl (C=O) groups is 1. The topological polar surface area (TPSA) is 295 Å². The second-order valence-electron chi connectivity index (χ2n) is 18.0. The van der Waals surface area contributed by atoms with Gasteiger partial charge in [-0.15, -0.1) is 0 Å². The van der Waals surface area contributed by atoms with Crippen molar-refractivity contribution < 1.29 is 89.4 Å². The molecule has 320 valence electrons. The third kappa shape index (κ3) is 6.69. The van der Waals surface area contributed by atoms with Crippen LogP contribution in [0.2, 0.25) is 0 Å². The van der Waals surface area contributed by atoms with E-state index in [1.807, 2.05) is 6.92 Å². The maximum absolute atomic E-state index is 14.1. The van der Waals surface area contributed by atoms with E-state index in [9.17, 15) is 61.0 Å². The predicted molar refractivity (Wildman–Crippen MR) is 186 cm³/mol. The maximum atomic E-state index is 14.1. The van der Waals surface area contributed by atoms with Gasteiger partial charge in [-0.25, -0.2) is 0 Å². The normalized spacial score (nSPS) is 54.6. The van der Waals surface area contributed by atoms with Gasteiger partial charge in [0.2, 0.25) is 6.29 Å². The van der Waals surface area contributed by atoms with Crippen molar-refractivity contribution in [1.82, 2.24) is 0 Å². The van der Waals surface area contributed by atoms with Crippen LogP contribution in [0.4, 0.5) is 0 Å². The Balaban J connectivity index is 1.07. The lowest BCUT2D eigenvalue weighted by atomic mass is 9.41. The fourth-order valence-electron chi connectivity index (χ4n) is 12.0. The first kappa shape index (κ1) is 42.7. The van der Waals surface area contributed by atoms with Crippen molar-refractivity contribution in [3.8, 4) is 0 Å². The molecule has 0 radical (unpaired) electrons. The van der Waals surface area contributed by atoms with Gasteiger partial charge in [-0.1, -0.05) is 19.9 Å². The number of ether oxygens (including phenoxy) is 6. The molecule has 2 unspecified atom stereocenters. The summed E-state index contributed by atoms with van der Waals surface area (Å²) in [5, 5.41) is 114. The Labute approximate surface area is 324 Å². The quantitative estimate of drug-likeness (QED) is 0.0631. The van der Waals surface area contributed by atoms with Gasteiger partial charge < -0.3 is 84.6 Å². The van der Waals surface area contributed by atoms with Crippen LogP contribution in [-0.4, -0.2) is 180 Å². The number of esters is 1. The lowest BCUT2D eigenvalue weighted by Crippen LogP contribution is -2.65. The molecular formula is C38H60O18. The van der Waals surface area contributed by atoms with Gasteiger partial charge in [-0.2, -0.15) is 0 Å². The van der Waals surface area contributed by atoms with E-state index >= 15 is 0 Å². The predicted octanol–water partition coefficient (Wildman–Crippen LogP) is -2.94. The van der Waals surface area contributed by atoms with Crippen molar-refractivity contribution in [2.45, 2.75) is 169 Å². The summed E-state index contributed by atoms with van der Waals surface area (Å²) in [5.41, 5.74) is -1.72. The molecular weight excluding hydrogens is 744 g/mol. The summed E-state index contributed by atoms with van der Waals surface area (Å²) in [6.07, 6.45) is -17.7. The summed E-state index contributed by atoms with van der Waals surface area (Å²) in [7, 11) is 0. The first-order valence-electron chi connectivity index (χ1n) is 19.9. The monoisotopic (exact) mass is 804 g/mol. The van der Waals surface area contributed by atoms with Crippen molar-refractivity contribution in [3.05, 3.63) is 12.2 Å². The van der Waals surface area contributed by atoms with Crippen LogP contribution in [0.25, 0.3) is 0 Å². The molecule has 0 aromatic heterocycles. The highest BCUT2D eigenvalue weighted by Gasteiger charge is 2.69. The molecule has 4 saturated carbocycles.